The average Bonchev–Trinajstić information content (AvgIpc) is 2.89. The summed E-state index contributed by atoms with van der Waals surface area (Å²) in [4.78, 5) is 5.43. The van der Waals surface area contributed by atoms with Crippen molar-refractivity contribution in [2.75, 3.05) is 27.4 Å². The highest BCUT2D eigenvalue weighted by molar-refractivity contribution is 7.09. The summed E-state index contributed by atoms with van der Waals surface area (Å²) in [6.45, 7) is 1.57. The molecule has 1 unspecified atom stereocenters. The van der Waals surface area contributed by atoms with Crippen LogP contribution in [0.2, 0.25) is 0 Å². The molecule has 2 rings (SSSR count). The summed E-state index contributed by atoms with van der Waals surface area (Å²) in [6.07, 6.45) is 4.81. The van der Waals surface area contributed by atoms with E-state index in [9.17, 15) is 0 Å². The van der Waals surface area contributed by atoms with Gasteiger partial charge in [0.2, 0.25) is 0 Å². The Hall–Kier alpha value is -0.490. The standard InChI is InChI=1S/C12H20N2O2S/c1-13-11(7-10-8-14-9-17-10)12(15-2)3-5-16-6-4-12/h8-9,11,13H,3-7H2,1-2H3. The van der Waals surface area contributed by atoms with E-state index in [1.54, 1.807) is 11.3 Å². The van der Waals surface area contributed by atoms with Gasteiger partial charge in [0.15, 0.2) is 0 Å². The van der Waals surface area contributed by atoms with Crippen LogP contribution in [-0.2, 0) is 15.9 Å². The molecule has 1 saturated heterocycles. The van der Waals surface area contributed by atoms with E-state index in [0.29, 0.717) is 6.04 Å². The number of methoxy groups -OCH3 is 1. The quantitative estimate of drug-likeness (QED) is 0.866. The van der Waals surface area contributed by atoms with Crippen LogP contribution in [0, 0.1) is 0 Å². The van der Waals surface area contributed by atoms with Crippen LogP contribution in [0.1, 0.15) is 17.7 Å². The van der Waals surface area contributed by atoms with Crippen molar-refractivity contribution in [2.24, 2.45) is 0 Å². The maximum atomic E-state index is 5.82. The number of hydrogen-bond acceptors (Lipinski definition) is 5. The summed E-state index contributed by atoms with van der Waals surface area (Å²) in [7, 11) is 3.81. The van der Waals surface area contributed by atoms with E-state index in [-0.39, 0.29) is 5.60 Å². The Morgan fingerprint density at radius 2 is 2.35 bits per heavy atom. The molecule has 1 N–H and O–H groups in total. The molecule has 1 aliphatic heterocycles. The first kappa shape index (κ1) is 13.0. The molecule has 0 radical (unpaired) electrons. The van der Waals surface area contributed by atoms with Crippen molar-refractivity contribution >= 4 is 11.3 Å². The molecule has 1 aliphatic rings. The molecule has 17 heavy (non-hydrogen) atoms. The lowest BCUT2D eigenvalue weighted by atomic mass is 9.84. The van der Waals surface area contributed by atoms with Crippen molar-refractivity contribution in [1.29, 1.82) is 0 Å². The van der Waals surface area contributed by atoms with Crippen LogP contribution >= 0.6 is 11.3 Å². The number of hydrogen-bond donors (Lipinski definition) is 1. The Balaban J connectivity index is 2.09. The number of rotatable bonds is 5. The zero-order chi connectivity index (χ0) is 12.1. The van der Waals surface area contributed by atoms with Crippen LogP contribution in [0.5, 0.6) is 0 Å². The van der Waals surface area contributed by atoms with Gasteiger partial charge < -0.3 is 14.8 Å². The third kappa shape index (κ3) is 2.85. The van der Waals surface area contributed by atoms with E-state index in [4.69, 9.17) is 9.47 Å². The highest BCUT2D eigenvalue weighted by Gasteiger charge is 2.39. The zero-order valence-electron chi connectivity index (χ0n) is 10.4. The number of nitrogens with zero attached hydrogens (tertiary/aromatic N) is 1. The molecule has 0 aromatic carbocycles. The van der Waals surface area contributed by atoms with E-state index >= 15 is 0 Å². The Morgan fingerprint density at radius 3 is 2.88 bits per heavy atom. The van der Waals surface area contributed by atoms with Crippen LogP contribution in [0.3, 0.4) is 0 Å². The maximum absolute atomic E-state index is 5.82. The lowest BCUT2D eigenvalue weighted by Gasteiger charge is -2.42. The SMILES string of the molecule is CNC(Cc1cncs1)C1(OC)CCOCC1. The van der Waals surface area contributed by atoms with Gasteiger partial charge in [-0.3, -0.25) is 4.98 Å². The molecule has 0 amide bonds. The van der Waals surface area contributed by atoms with Crippen LogP contribution in [0.15, 0.2) is 11.7 Å². The van der Waals surface area contributed by atoms with E-state index < -0.39 is 0 Å². The minimum absolute atomic E-state index is 0.100. The van der Waals surface area contributed by atoms with Gasteiger partial charge in [-0.25, -0.2) is 0 Å². The summed E-state index contributed by atoms with van der Waals surface area (Å²) < 4.78 is 11.3. The Morgan fingerprint density at radius 1 is 1.59 bits per heavy atom. The van der Waals surface area contributed by atoms with Crippen molar-refractivity contribution in [1.82, 2.24) is 10.3 Å². The average molecular weight is 256 g/mol. The second-order valence-electron chi connectivity index (χ2n) is 4.39. The lowest BCUT2D eigenvalue weighted by molar-refractivity contribution is -0.109. The molecule has 96 valence electrons. The van der Waals surface area contributed by atoms with Crippen molar-refractivity contribution in [3.05, 3.63) is 16.6 Å². The highest BCUT2D eigenvalue weighted by atomic mass is 32.1. The second-order valence-corrected chi connectivity index (χ2v) is 5.37. The Kier molecular flexibility index (Phi) is 4.50. The van der Waals surface area contributed by atoms with Crippen LogP contribution < -0.4 is 5.32 Å². The lowest BCUT2D eigenvalue weighted by Crippen LogP contribution is -2.55. The van der Waals surface area contributed by atoms with Gasteiger partial charge in [-0.2, -0.15) is 0 Å². The summed E-state index contributed by atoms with van der Waals surface area (Å²) in [6, 6.07) is 0.317. The second kappa shape index (κ2) is 5.91. The Labute approximate surface area is 106 Å². The first-order valence-corrected chi connectivity index (χ1v) is 6.86. The molecule has 4 nitrogen and oxygen atoms in total. The highest BCUT2D eigenvalue weighted by Crippen LogP contribution is 2.30. The van der Waals surface area contributed by atoms with Crippen LogP contribution in [-0.4, -0.2) is 44.0 Å². The predicted molar refractivity (Wildman–Crippen MR) is 68.5 cm³/mol. The topological polar surface area (TPSA) is 43.4 Å². The molecular weight excluding hydrogens is 236 g/mol. The summed E-state index contributed by atoms with van der Waals surface area (Å²) in [5.41, 5.74) is 1.78. The molecule has 0 spiro atoms. The summed E-state index contributed by atoms with van der Waals surface area (Å²) >= 11 is 1.70. The molecule has 1 aromatic rings. The van der Waals surface area contributed by atoms with Gasteiger partial charge in [0.1, 0.15) is 0 Å². The van der Waals surface area contributed by atoms with E-state index in [2.05, 4.69) is 10.3 Å². The van der Waals surface area contributed by atoms with Gasteiger partial charge in [0.05, 0.1) is 11.1 Å². The molecule has 5 heteroatoms. The molecular formula is C12H20N2O2S. The van der Waals surface area contributed by atoms with Crippen molar-refractivity contribution in [2.45, 2.75) is 30.9 Å². The zero-order valence-corrected chi connectivity index (χ0v) is 11.3. The molecule has 1 aromatic heterocycles. The minimum atomic E-state index is -0.100. The van der Waals surface area contributed by atoms with Crippen molar-refractivity contribution in [3.63, 3.8) is 0 Å². The molecule has 2 heterocycles. The summed E-state index contributed by atoms with van der Waals surface area (Å²) in [5, 5.41) is 3.40. The third-order valence-corrected chi connectivity index (χ3v) is 4.42. The monoisotopic (exact) mass is 256 g/mol. The maximum Gasteiger partial charge on any atom is 0.0878 e. The third-order valence-electron chi connectivity index (χ3n) is 3.62. The first-order chi connectivity index (χ1) is 8.30. The van der Waals surface area contributed by atoms with E-state index in [1.165, 1.54) is 4.88 Å². The molecule has 1 fully saturated rings. The minimum Gasteiger partial charge on any atom is -0.381 e. The van der Waals surface area contributed by atoms with Gasteiger partial charge in [-0.05, 0) is 7.05 Å². The smallest absolute Gasteiger partial charge is 0.0878 e. The van der Waals surface area contributed by atoms with Crippen LogP contribution in [0.25, 0.3) is 0 Å². The number of likely N-dealkylation sites (N-methyl/N-ethyl adjacent to an activating group) is 1. The normalized spacial score (nSPS) is 21.3. The van der Waals surface area contributed by atoms with Crippen LogP contribution in [0.4, 0.5) is 0 Å². The predicted octanol–water partition coefficient (Wildman–Crippen LogP) is 1.47. The van der Waals surface area contributed by atoms with Crippen molar-refractivity contribution in [3.8, 4) is 0 Å². The molecule has 1 atom stereocenters. The fourth-order valence-corrected chi connectivity index (χ4v) is 3.15. The van der Waals surface area contributed by atoms with E-state index in [0.717, 1.165) is 32.5 Å². The van der Waals surface area contributed by atoms with Gasteiger partial charge in [0.25, 0.3) is 0 Å². The number of aromatic nitrogens is 1. The molecule has 0 bridgehead atoms. The number of ether oxygens (including phenoxy) is 2. The summed E-state index contributed by atoms with van der Waals surface area (Å²) in [5.74, 6) is 0. The van der Waals surface area contributed by atoms with Gasteiger partial charge >= 0.3 is 0 Å². The fraction of sp³-hybridized carbons (Fsp3) is 0.750. The number of thiazole rings is 1. The van der Waals surface area contributed by atoms with Gasteiger partial charge in [0, 0.05) is 56.7 Å². The molecule has 0 saturated carbocycles. The fourth-order valence-electron chi connectivity index (χ4n) is 2.51. The van der Waals surface area contributed by atoms with Gasteiger partial charge in [-0.1, -0.05) is 0 Å². The largest absolute Gasteiger partial charge is 0.381 e. The van der Waals surface area contributed by atoms with Gasteiger partial charge in [-0.15, -0.1) is 11.3 Å². The first-order valence-electron chi connectivity index (χ1n) is 5.98. The van der Waals surface area contributed by atoms with Crippen molar-refractivity contribution < 1.29 is 9.47 Å². The number of nitrogens with one attached hydrogen (secondary N) is 1. The molecule has 0 aliphatic carbocycles. The van der Waals surface area contributed by atoms with E-state index in [1.807, 2.05) is 25.9 Å². The Bertz CT molecular complexity index is 323.